The standard InChI is InChI=1S/C20H13F3N4O2S/c21-20(22,23)12-2-1-3-13-16(12)26-19(25-13)27-17(28)14-9-30-18(24-14)11-4-5-15-10(8-11)6-7-29-15/h1-5,8-9H,6-7H2,(H2,25,26,27,28). The Hall–Kier alpha value is -3.40. The summed E-state index contributed by atoms with van der Waals surface area (Å²) in [6.45, 7) is 0.651. The Morgan fingerprint density at radius 1 is 1.20 bits per heavy atom. The SMILES string of the molecule is O=C(Nc1nc2c(C(F)(F)F)cccc2[nH]1)c1csc(-c2ccc3c(c2)CCO3)n1. The number of ether oxygens (including phenoxy) is 1. The number of hydrogen-bond acceptors (Lipinski definition) is 5. The summed E-state index contributed by atoms with van der Waals surface area (Å²) in [6.07, 6.45) is -3.71. The Morgan fingerprint density at radius 3 is 2.90 bits per heavy atom. The molecule has 1 aliphatic heterocycles. The van der Waals surface area contributed by atoms with Crippen molar-refractivity contribution in [2.75, 3.05) is 11.9 Å². The third-order valence-electron chi connectivity index (χ3n) is 4.72. The number of H-pyrrole nitrogens is 1. The van der Waals surface area contributed by atoms with E-state index in [0.29, 0.717) is 11.6 Å². The topological polar surface area (TPSA) is 79.9 Å². The highest BCUT2D eigenvalue weighted by molar-refractivity contribution is 7.13. The number of nitrogens with one attached hydrogen (secondary N) is 2. The highest BCUT2D eigenvalue weighted by Crippen LogP contribution is 2.35. The van der Waals surface area contributed by atoms with Crippen molar-refractivity contribution in [3.63, 3.8) is 0 Å². The average Bonchev–Trinajstić information content (AvgIpc) is 3.44. The van der Waals surface area contributed by atoms with E-state index in [2.05, 4.69) is 20.3 Å². The molecule has 4 aromatic rings. The van der Waals surface area contributed by atoms with Gasteiger partial charge in [-0.1, -0.05) is 6.07 Å². The van der Waals surface area contributed by atoms with E-state index in [1.54, 1.807) is 5.38 Å². The molecule has 1 amide bonds. The molecule has 3 heterocycles. The maximum absolute atomic E-state index is 13.1. The molecule has 5 rings (SSSR count). The van der Waals surface area contributed by atoms with Crippen LogP contribution in [0.15, 0.2) is 41.8 Å². The Balaban J connectivity index is 1.39. The summed E-state index contributed by atoms with van der Waals surface area (Å²) in [7, 11) is 0. The molecule has 0 saturated heterocycles. The van der Waals surface area contributed by atoms with Gasteiger partial charge in [-0.2, -0.15) is 13.2 Å². The molecule has 0 radical (unpaired) electrons. The number of imidazole rings is 1. The Kier molecular flexibility index (Phi) is 4.24. The van der Waals surface area contributed by atoms with Crippen molar-refractivity contribution in [3.8, 4) is 16.3 Å². The molecule has 0 bridgehead atoms. The number of nitrogens with zero attached hydrogens (tertiary/aromatic N) is 2. The molecule has 10 heteroatoms. The predicted molar refractivity (Wildman–Crippen MR) is 106 cm³/mol. The van der Waals surface area contributed by atoms with E-state index < -0.39 is 17.6 Å². The molecule has 30 heavy (non-hydrogen) atoms. The minimum atomic E-state index is -4.54. The van der Waals surface area contributed by atoms with Crippen LogP contribution >= 0.6 is 11.3 Å². The number of halogens is 3. The lowest BCUT2D eigenvalue weighted by Gasteiger charge is -2.05. The highest BCUT2D eigenvalue weighted by Gasteiger charge is 2.33. The zero-order valence-electron chi connectivity index (χ0n) is 15.2. The Bertz CT molecular complexity index is 1280. The Labute approximate surface area is 171 Å². The number of alkyl halides is 3. The maximum atomic E-state index is 13.1. The number of hydrogen-bond donors (Lipinski definition) is 2. The number of benzene rings is 2. The van der Waals surface area contributed by atoms with Gasteiger partial charge in [0.25, 0.3) is 5.91 Å². The lowest BCUT2D eigenvalue weighted by molar-refractivity contribution is -0.136. The van der Waals surface area contributed by atoms with E-state index in [1.165, 1.54) is 23.5 Å². The summed E-state index contributed by atoms with van der Waals surface area (Å²) in [5, 5.41) is 4.74. The quantitative estimate of drug-likeness (QED) is 0.485. The van der Waals surface area contributed by atoms with Crippen LogP contribution in [-0.4, -0.2) is 27.5 Å². The molecule has 2 aromatic carbocycles. The van der Waals surface area contributed by atoms with E-state index in [9.17, 15) is 18.0 Å². The van der Waals surface area contributed by atoms with Gasteiger partial charge >= 0.3 is 6.18 Å². The molecule has 152 valence electrons. The number of carbonyl (C=O) groups excluding carboxylic acids is 1. The van der Waals surface area contributed by atoms with Crippen molar-refractivity contribution in [1.82, 2.24) is 15.0 Å². The number of aromatic nitrogens is 3. The van der Waals surface area contributed by atoms with E-state index in [4.69, 9.17) is 4.74 Å². The average molecular weight is 430 g/mol. The van der Waals surface area contributed by atoms with E-state index in [-0.39, 0.29) is 22.7 Å². The van der Waals surface area contributed by atoms with E-state index >= 15 is 0 Å². The highest BCUT2D eigenvalue weighted by atomic mass is 32.1. The van der Waals surface area contributed by atoms with Crippen LogP contribution in [0.1, 0.15) is 21.6 Å². The van der Waals surface area contributed by atoms with Gasteiger partial charge in [0.15, 0.2) is 0 Å². The summed E-state index contributed by atoms with van der Waals surface area (Å²) < 4.78 is 44.9. The summed E-state index contributed by atoms with van der Waals surface area (Å²) >= 11 is 1.31. The molecule has 1 aliphatic rings. The van der Waals surface area contributed by atoms with Gasteiger partial charge in [-0.3, -0.25) is 10.1 Å². The second-order valence-corrected chi connectivity index (χ2v) is 7.56. The fourth-order valence-corrected chi connectivity index (χ4v) is 4.12. The van der Waals surface area contributed by atoms with Gasteiger partial charge in [0.1, 0.15) is 22.0 Å². The van der Waals surface area contributed by atoms with Crippen molar-refractivity contribution in [1.29, 1.82) is 0 Å². The van der Waals surface area contributed by atoms with E-state index in [1.807, 2.05) is 18.2 Å². The number of para-hydroxylation sites is 1. The van der Waals surface area contributed by atoms with E-state index in [0.717, 1.165) is 29.4 Å². The van der Waals surface area contributed by atoms with Crippen LogP contribution in [0.2, 0.25) is 0 Å². The van der Waals surface area contributed by atoms with Crippen LogP contribution in [0.4, 0.5) is 19.1 Å². The first-order valence-electron chi connectivity index (χ1n) is 8.97. The van der Waals surface area contributed by atoms with Crippen LogP contribution in [0, 0.1) is 0 Å². The fourth-order valence-electron chi connectivity index (χ4n) is 3.32. The molecule has 2 aromatic heterocycles. The number of fused-ring (bicyclic) bond motifs is 2. The van der Waals surface area contributed by atoms with Crippen molar-refractivity contribution in [2.45, 2.75) is 12.6 Å². The summed E-state index contributed by atoms with van der Waals surface area (Å²) in [5.41, 5.74) is 1.19. The zero-order valence-corrected chi connectivity index (χ0v) is 16.0. The summed E-state index contributed by atoms with van der Waals surface area (Å²) in [6, 6.07) is 9.44. The molecule has 0 atom stereocenters. The molecular formula is C20H13F3N4O2S. The molecule has 0 aliphatic carbocycles. The number of carbonyl (C=O) groups is 1. The predicted octanol–water partition coefficient (Wildman–Crippen LogP) is 4.89. The zero-order chi connectivity index (χ0) is 20.9. The number of aromatic amines is 1. The number of anilines is 1. The van der Waals surface area contributed by atoms with Gasteiger partial charge in [-0.15, -0.1) is 11.3 Å². The van der Waals surface area contributed by atoms with Crippen molar-refractivity contribution in [3.05, 3.63) is 58.6 Å². The monoisotopic (exact) mass is 430 g/mol. The first kappa shape index (κ1) is 18.6. The van der Waals surface area contributed by atoms with Crippen LogP contribution in [-0.2, 0) is 12.6 Å². The van der Waals surface area contributed by atoms with Crippen LogP contribution < -0.4 is 10.1 Å². The first-order valence-corrected chi connectivity index (χ1v) is 9.85. The van der Waals surface area contributed by atoms with Crippen molar-refractivity contribution in [2.24, 2.45) is 0 Å². The second-order valence-electron chi connectivity index (χ2n) is 6.70. The molecule has 0 fully saturated rings. The Morgan fingerprint density at radius 2 is 2.07 bits per heavy atom. The minimum Gasteiger partial charge on any atom is -0.493 e. The molecular weight excluding hydrogens is 417 g/mol. The van der Waals surface area contributed by atoms with Gasteiger partial charge in [-0.25, -0.2) is 9.97 Å². The molecule has 0 saturated carbocycles. The number of rotatable bonds is 3. The van der Waals surface area contributed by atoms with Gasteiger partial charge in [-0.05, 0) is 35.9 Å². The maximum Gasteiger partial charge on any atom is 0.418 e. The third-order valence-corrected chi connectivity index (χ3v) is 5.61. The number of amides is 1. The third kappa shape index (κ3) is 3.28. The van der Waals surface area contributed by atoms with Gasteiger partial charge in [0.05, 0.1) is 17.7 Å². The van der Waals surface area contributed by atoms with Crippen molar-refractivity contribution < 1.29 is 22.7 Å². The normalized spacial score (nSPS) is 13.3. The van der Waals surface area contributed by atoms with Gasteiger partial charge in [0, 0.05) is 17.4 Å². The number of thiazole rings is 1. The molecule has 0 spiro atoms. The summed E-state index contributed by atoms with van der Waals surface area (Å²) in [4.78, 5) is 23.5. The lowest BCUT2D eigenvalue weighted by atomic mass is 10.1. The summed E-state index contributed by atoms with van der Waals surface area (Å²) in [5.74, 6) is 0.224. The largest absolute Gasteiger partial charge is 0.493 e. The van der Waals surface area contributed by atoms with Gasteiger partial charge < -0.3 is 9.72 Å². The van der Waals surface area contributed by atoms with Crippen LogP contribution in [0.25, 0.3) is 21.6 Å². The van der Waals surface area contributed by atoms with Gasteiger partial charge in [0.2, 0.25) is 5.95 Å². The second kappa shape index (κ2) is 6.84. The minimum absolute atomic E-state index is 0.0732. The lowest BCUT2D eigenvalue weighted by Crippen LogP contribution is -2.13. The first-order chi connectivity index (χ1) is 14.4. The fraction of sp³-hybridized carbons (Fsp3) is 0.150. The molecule has 6 nitrogen and oxygen atoms in total. The van der Waals surface area contributed by atoms with Crippen LogP contribution in [0.3, 0.4) is 0 Å². The van der Waals surface area contributed by atoms with Crippen molar-refractivity contribution >= 4 is 34.2 Å². The smallest absolute Gasteiger partial charge is 0.418 e. The van der Waals surface area contributed by atoms with Crippen LogP contribution in [0.5, 0.6) is 5.75 Å². The molecule has 0 unspecified atom stereocenters. The molecule has 2 N–H and O–H groups in total.